The average Bonchev–Trinajstić information content (AvgIpc) is 2.84. The molecule has 7 heteroatoms. The third-order valence-corrected chi connectivity index (χ3v) is 8.36. The minimum Gasteiger partial charge on any atom is -0.358 e. The zero-order valence-electron chi connectivity index (χ0n) is 21.9. The van der Waals surface area contributed by atoms with Crippen LogP contribution in [0, 0.1) is 17.2 Å². The molecule has 0 bridgehead atoms. The van der Waals surface area contributed by atoms with Crippen molar-refractivity contribution < 1.29 is 4.68 Å². The molecule has 0 aliphatic carbocycles. The highest BCUT2D eigenvalue weighted by Crippen LogP contribution is 2.30. The van der Waals surface area contributed by atoms with Crippen molar-refractivity contribution in [2.75, 3.05) is 18.5 Å². The van der Waals surface area contributed by atoms with Gasteiger partial charge in [0.05, 0.1) is 18.0 Å². The number of thiocarbonyl (C=S) groups is 1. The number of thioether (sulfide) groups is 1. The number of hydrogen-bond donors (Lipinski definition) is 2. The van der Waals surface area contributed by atoms with Gasteiger partial charge in [0.15, 0.2) is 12.4 Å². The largest absolute Gasteiger partial charge is 0.358 e. The topological polar surface area (TPSA) is 69.0 Å². The molecule has 1 rings (SSSR count). The second kappa shape index (κ2) is 18.9. The smallest absolute Gasteiger partial charge is 0.199 e. The molecule has 0 aromatic carbocycles. The van der Waals surface area contributed by atoms with Crippen molar-refractivity contribution >= 4 is 28.3 Å². The number of hydrogen-bond acceptors (Lipinski definition) is 5. The van der Waals surface area contributed by atoms with Crippen LogP contribution in [0.2, 0.25) is 0 Å². The van der Waals surface area contributed by atoms with E-state index in [0.717, 1.165) is 43.1 Å². The second-order valence-corrected chi connectivity index (χ2v) is 11.0. The molecule has 0 fully saturated rings. The van der Waals surface area contributed by atoms with Gasteiger partial charge in [0, 0.05) is 36.5 Å². The van der Waals surface area contributed by atoms with Crippen molar-refractivity contribution in [2.24, 2.45) is 11.7 Å². The molecule has 1 aromatic heterocycles. The van der Waals surface area contributed by atoms with Gasteiger partial charge in [-0.05, 0) is 33.1 Å². The van der Waals surface area contributed by atoms with Gasteiger partial charge in [-0.15, -0.1) is 0 Å². The molecule has 0 amide bonds. The summed E-state index contributed by atoms with van der Waals surface area (Å²) < 4.78 is 2.84. The van der Waals surface area contributed by atoms with E-state index < -0.39 is 0 Å². The van der Waals surface area contributed by atoms with E-state index in [1.165, 1.54) is 38.5 Å². The summed E-state index contributed by atoms with van der Waals surface area (Å²) in [5.74, 6) is -0.198. The number of nitriles is 1. The Morgan fingerprint density at radius 2 is 1.65 bits per heavy atom. The molecule has 0 saturated heterocycles. The van der Waals surface area contributed by atoms with Gasteiger partial charge in [0.2, 0.25) is 0 Å². The van der Waals surface area contributed by atoms with E-state index in [-0.39, 0.29) is 23.3 Å². The summed E-state index contributed by atoms with van der Waals surface area (Å²) in [4.78, 5) is 2.19. The van der Waals surface area contributed by atoms with Crippen LogP contribution in [0.25, 0.3) is 0 Å². The molecule has 0 spiro atoms. The summed E-state index contributed by atoms with van der Waals surface area (Å²) >= 11 is 7.40. The summed E-state index contributed by atoms with van der Waals surface area (Å²) in [5, 5.41) is 10.4. The van der Waals surface area contributed by atoms with E-state index in [2.05, 4.69) is 44.1 Å². The number of unbranched alkanes of at least 4 members (excludes halogenated alkanes) is 6. The van der Waals surface area contributed by atoms with E-state index in [1.54, 1.807) is 11.8 Å². The highest BCUT2D eigenvalue weighted by molar-refractivity contribution is 8.23. The maximum absolute atomic E-state index is 10.3. The predicted octanol–water partition coefficient (Wildman–Crippen LogP) is 6.02. The molecule has 1 heterocycles. The molecule has 0 aliphatic rings. The van der Waals surface area contributed by atoms with E-state index in [9.17, 15) is 5.26 Å². The highest BCUT2D eigenvalue weighted by atomic mass is 32.2. The molecule has 3 N–H and O–H groups in total. The van der Waals surface area contributed by atoms with Crippen LogP contribution in [0.15, 0.2) is 30.6 Å². The molecule has 4 atom stereocenters. The minimum absolute atomic E-state index is 0.0473. The molecule has 1 aromatic rings. The quantitative estimate of drug-likeness (QED) is 0.144. The Labute approximate surface area is 218 Å². The number of aromatic nitrogens is 1. The highest BCUT2D eigenvalue weighted by Gasteiger charge is 2.34. The molecule has 0 saturated carbocycles. The molecular weight excluding hydrogens is 458 g/mol. The number of pyridine rings is 1. The maximum Gasteiger partial charge on any atom is 0.199 e. The third-order valence-electron chi connectivity index (χ3n) is 6.42. The number of nitrogens with one attached hydrogen (secondary N) is 1. The number of rotatable bonds is 18. The first-order chi connectivity index (χ1) is 16.5. The monoisotopic (exact) mass is 506 g/mol. The van der Waals surface area contributed by atoms with Crippen LogP contribution in [0.3, 0.4) is 0 Å². The predicted molar refractivity (Wildman–Crippen MR) is 151 cm³/mol. The molecule has 0 aliphatic heterocycles. The Balaban J connectivity index is 2.83. The summed E-state index contributed by atoms with van der Waals surface area (Å²) in [7, 11) is 0. The van der Waals surface area contributed by atoms with Crippen molar-refractivity contribution in [3.05, 3.63) is 30.6 Å². The molecule has 5 nitrogen and oxygen atoms in total. The van der Waals surface area contributed by atoms with E-state index >= 15 is 0 Å². The second-order valence-electron chi connectivity index (χ2n) is 9.08. The lowest BCUT2D eigenvalue weighted by molar-refractivity contribution is -0.654. The summed E-state index contributed by atoms with van der Waals surface area (Å²) in [5.41, 5.74) is 10.2. The van der Waals surface area contributed by atoms with Gasteiger partial charge in [-0.2, -0.15) is 10.7 Å². The van der Waals surface area contributed by atoms with Gasteiger partial charge in [-0.1, -0.05) is 93.5 Å². The van der Waals surface area contributed by atoms with Crippen molar-refractivity contribution in [1.29, 1.82) is 5.26 Å². The van der Waals surface area contributed by atoms with Gasteiger partial charge in [0.25, 0.3) is 0 Å². The lowest BCUT2D eigenvalue weighted by atomic mass is 9.89. The summed E-state index contributed by atoms with van der Waals surface area (Å²) in [6.07, 6.45) is 15.6. The molecule has 0 radical (unpaired) electrons. The first-order valence-corrected chi connectivity index (χ1v) is 14.6. The van der Waals surface area contributed by atoms with E-state index in [4.69, 9.17) is 18.0 Å². The Morgan fingerprint density at radius 1 is 1.03 bits per heavy atom. The third kappa shape index (κ3) is 11.9. The lowest BCUT2D eigenvalue weighted by Crippen LogP contribution is -2.55. The van der Waals surface area contributed by atoms with Crippen LogP contribution in [0.4, 0.5) is 0 Å². The molecule has 34 heavy (non-hydrogen) atoms. The van der Waals surface area contributed by atoms with Gasteiger partial charge in [-0.3, -0.25) is 0 Å². The van der Waals surface area contributed by atoms with Gasteiger partial charge >= 0.3 is 0 Å². The fraction of sp³-hybridized carbons (Fsp3) is 0.741. The van der Waals surface area contributed by atoms with Crippen molar-refractivity contribution in [3.63, 3.8) is 0 Å². The van der Waals surface area contributed by atoms with E-state index in [1.807, 2.05) is 35.3 Å². The number of nitrogens with zero attached hydrogens (tertiary/aromatic N) is 3. The van der Waals surface area contributed by atoms with Crippen molar-refractivity contribution in [2.45, 2.75) is 109 Å². The summed E-state index contributed by atoms with van der Waals surface area (Å²) in [6.45, 7) is 10.4. The zero-order valence-corrected chi connectivity index (χ0v) is 23.5. The fourth-order valence-electron chi connectivity index (χ4n) is 4.29. The van der Waals surface area contributed by atoms with E-state index in [0.29, 0.717) is 0 Å². The maximum atomic E-state index is 10.3. The van der Waals surface area contributed by atoms with Crippen LogP contribution < -0.4 is 15.8 Å². The first-order valence-electron chi connectivity index (χ1n) is 13.3. The van der Waals surface area contributed by atoms with Crippen LogP contribution in [-0.2, 0) is 0 Å². The molecular formula is C27H48N5S2+. The Bertz CT molecular complexity index is 690. The van der Waals surface area contributed by atoms with Crippen LogP contribution in [-0.4, -0.2) is 39.6 Å². The zero-order chi connectivity index (χ0) is 25.2. The van der Waals surface area contributed by atoms with Gasteiger partial charge < -0.3 is 10.6 Å². The fourth-order valence-corrected chi connectivity index (χ4v) is 6.15. The minimum atomic E-state index is -0.198. The van der Waals surface area contributed by atoms with Crippen LogP contribution in [0.5, 0.6) is 0 Å². The van der Waals surface area contributed by atoms with Crippen LogP contribution >= 0.6 is 24.0 Å². The van der Waals surface area contributed by atoms with Crippen molar-refractivity contribution in [3.8, 4) is 6.07 Å². The lowest BCUT2D eigenvalue weighted by Gasteiger charge is -2.30. The van der Waals surface area contributed by atoms with Crippen LogP contribution in [0.1, 0.15) is 91.9 Å². The average molecular weight is 507 g/mol. The standard InChI is InChI=1S/C27H48N5S2/c1-5-9-10-11-12-13-15-18-23(29)21-25(30-32-19-16-14-17-20-32)24(22-28)26(6-2)34-27(33)31(7-3)8-4/h14,16-17,19-20,23-26,30H,5-13,15,18,21,29H2,1-4H3/q+1. The first kappa shape index (κ1) is 30.7. The molecule has 192 valence electrons. The SMILES string of the molecule is CCCCCCCCCC(N)CC(N[n+]1ccccc1)C(C#N)C(CC)SC(=S)N(CC)CC. The van der Waals surface area contributed by atoms with Crippen molar-refractivity contribution in [1.82, 2.24) is 4.90 Å². The normalized spacial score (nSPS) is 14.6. The molecule has 4 unspecified atom stereocenters. The Hall–Kier alpha value is -1.36. The van der Waals surface area contributed by atoms with Gasteiger partial charge in [0.1, 0.15) is 4.32 Å². The summed E-state index contributed by atoms with van der Waals surface area (Å²) in [6, 6.07) is 8.63. The van der Waals surface area contributed by atoms with Gasteiger partial charge in [-0.25, -0.2) is 0 Å². The number of nitrogens with two attached hydrogens (primary N) is 1. The Kier molecular flexibility index (Phi) is 17.1. The Morgan fingerprint density at radius 3 is 2.21 bits per heavy atom.